The summed E-state index contributed by atoms with van der Waals surface area (Å²) < 4.78 is 10.5. The van der Waals surface area contributed by atoms with Crippen molar-refractivity contribution in [3.05, 3.63) is 45.9 Å². The Morgan fingerprint density at radius 2 is 1.75 bits per heavy atom. The summed E-state index contributed by atoms with van der Waals surface area (Å²) in [7, 11) is 3.57. The van der Waals surface area contributed by atoms with Gasteiger partial charge in [-0.2, -0.15) is 0 Å². The zero-order valence-electron chi connectivity index (χ0n) is 20.2. The lowest BCUT2D eigenvalue weighted by molar-refractivity contribution is -0.174. The molecule has 36 heavy (non-hydrogen) atoms. The summed E-state index contributed by atoms with van der Waals surface area (Å²) in [5.41, 5.74) is 3.34. The van der Waals surface area contributed by atoms with Crippen molar-refractivity contribution in [3.8, 4) is 5.75 Å². The second-order valence-corrected chi connectivity index (χ2v) is 9.40. The van der Waals surface area contributed by atoms with Crippen molar-refractivity contribution in [2.45, 2.75) is 38.7 Å². The van der Waals surface area contributed by atoms with Crippen LogP contribution in [0.15, 0.2) is 34.8 Å². The van der Waals surface area contributed by atoms with Gasteiger partial charge in [-0.3, -0.25) is 24.0 Å². The van der Waals surface area contributed by atoms with Gasteiger partial charge in [-0.15, -0.1) is 0 Å². The van der Waals surface area contributed by atoms with Gasteiger partial charge in [0, 0.05) is 51.5 Å². The summed E-state index contributed by atoms with van der Waals surface area (Å²) >= 11 is 0. The van der Waals surface area contributed by atoms with Gasteiger partial charge in [-0.05, 0) is 36.5 Å². The maximum atomic E-state index is 13.7. The number of ketones is 2. The molecule has 0 radical (unpaired) electrons. The molecule has 0 heterocycles. The van der Waals surface area contributed by atoms with Crippen LogP contribution < -0.4 is 10.6 Å². The van der Waals surface area contributed by atoms with Crippen LogP contribution in [0.4, 0.5) is 5.69 Å². The summed E-state index contributed by atoms with van der Waals surface area (Å²) in [6.45, 7) is 2.11. The predicted octanol–water partition coefficient (Wildman–Crippen LogP) is 1.22. The standard InChI is InChI=1S/C25H26N2O9/c1-10(28)35-17-9-13-7-12-8-14-15(27(3)4)5-6-16(30)19(14)21(31)18(12)22(32)25(13,36-11(2)29)23(33)20(17)24(26)34/h5-6,12-13,30,32H,7-9H2,1-4H3,(H2,26,34). The lowest BCUT2D eigenvalue weighted by Gasteiger charge is -2.47. The third-order valence-electron chi connectivity index (χ3n) is 6.92. The molecule has 11 nitrogen and oxygen atoms in total. The fourth-order valence-corrected chi connectivity index (χ4v) is 5.66. The van der Waals surface area contributed by atoms with Crippen molar-refractivity contribution in [3.63, 3.8) is 0 Å². The maximum absolute atomic E-state index is 13.7. The van der Waals surface area contributed by atoms with E-state index in [4.69, 9.17) is 15.2 Å². The first-order valence-electron chi connectivity index (χ1n) is 11.3. The quantitative estimate of drug-likeness (QED) is 0.404. The molecule has 1 aromatic rings. The van der Waals surface area contributed by atoms with Crippen LogP contribution in [0.25, 0.3) is 0 Å². The van der Waals surface area contributed by atoms with Crippen molar-refractivity contribution in [2.24, 2.45) is 17.6 Å². The van der Waals surface area contributed by atoms with Crippen LogP contribution in [0.3, 0.4) is 0 Å². The van der Waals surface area contributed by atoms with E-state index < -0.39 is 58.2 Å². The van der Waals surface area contributed by atoms with Gasteiger partial charge in [0.15, 0.2) is 11.5 Å². The van der Waals surface area contributed by atoms with Crippen molar-refractivity contribution < 1.29 is 43.7 Å². The molecular weight excluding hydrogens is 472 g/mol. The number of phenols is 1. The number of nitrogens with zero attached hydrogens (tertiary/aromatic N) is 1. The lowest BCUT2D eigenvalue weighted by atomic mass is 9.60. The molecule has 4 N–H and O–H groups in total. The molecule has 0 aromatic heterocycles. The van der Waals surface area contributed by atoms with E-state index in [1.165, 1.54) is 6.07 Å². The monoisotopic (exact) mass is 498 g/mol. The Morgan fingerprint density at radius 1 is 1.08 bits per heavy atom. The molecule has 3 aliphatic rings. The van der Waals surface area contributed by atoms with Crippen molar-refractivity contribution in [2.75, 3.05) is 19.0 Å². The number of amides is 1. The van der Waals surface area contributed by atoms with E-state index in [9.17, 15) is 34.2 Å². The smallest absolute Gasteiger partial charge is 0.307 e. The number of nitrogens with two attached hydrogens (primary N) is 1. The molecule has 190 valence electrons. The highest BCUT2D eigenvalue weighted by atomic mass is 16.6. The van der Waals surface area contributed by atoms with Crippen LogP contribution in [-0.4, -0.2) is 59.3 Å². The summed E-state index contributed by atoms with van der Waals surface area (Å²) in [5, 5.41) is 22.0. The number of aliphatic hydroxyl groups is 1. The highest BCUT2D eigenvalue weighted by molar-refractivity contribution is 6.25. The normalized spacial score (nSPS) is 25.0. The van der Waals surface area contributed by atoms with Crippen molar-refractivity contribution in [1.82, 2.24) is 0 Å². The van der Waals surface area contributed by atoms with Crippen LogP contribution in [0.1, 0.15) is 42.6 Å². The topological polar surface area (TPSA) is 174 Å². The first kappa shape index (κ1) is 25.0. The summed E-state index contributed by atoms with van der Waals surface area (Å²) in [5.74, 6) is -7.83. The van der Waals surface area contributed by atoms with E-state index in [0.29, 0.717) is 11.3 Å². The number of hydrogen-bond acceptors (Lipinski definition) is 10. The zero-order chi connectivity index (χ0) is 26.7. The summed E-state index contributed by atoms with van der Waals surface area (Å²) in [4.78, 5) is 65.2. The predicted molar refractivity (Wildman–Crippen MR) is 124 cm³/mol. The molecule has 3 atom stereocenters. The molecule has 0 bridgehead atoms. The Bertz CT molecular complexity index is 1310. The second kappa shape index (κ2) is 8.51. The SMILES string of the molecule is CC(=O)OC1=C(C(N)=O)C(=O)C2(OC(C)=O)C(O)=C3C(=O)c4c(O)ccc(N(C)C)c4CC3CC2C1. The van der Waals surface area contributed by atoms with Crippen LogP contribution >= 0.6 is 0 Å². The number of phenolic OH excluding ortho intramolecular Hbond substituents is 1. The molecule has 11 heteroatoms. The number of allylic oxidation sites excluding steroid dienone is 2. The first-order valence-corrected chi connectivity index (χ1v) is 11.3. The number of Topliss-reactive ketones (excluding diaryl/α,β-unsaturated/α-hetero) is 2. The third kappa shape index (κ3) is 3.53. The molecule has 4 rings (SSSR count). The first-order chi connectivity index (χ1) is 16.8. The number of carbonyl (C=O) groups is 5. The average Bonchev–Trinajstić information content (AvgIpc) is 2.74. The van der Waals surface area contributed by atoms with Gasteiger partial charge >= 0.3 is 11.9 Å². The highest BCUT2D eigenvalue weighted by Crippen LogP contribution is 2.54. The number of benzene rings is 1. The Balaban J connectivity index is 1.98. The van der Waals surface area contributed by atoms with Crippen LogP contribution in [-0.2, 0) is 35.1 Å². The van der Waals surface area contributed by atoms with Crippen LogP contribution in [0.2, 0.25) is 0 Å². The fraction of sp³-hybridized carbons (Fsp3) is 0.400. The van der Waals surface area contributed by atoms with Gasteiger partial charge in [-0.25, -0.2) is 0 Å². The Kier molecular flexibility index (Phi) is 5.90. The van der Waals surface area contributed by atoms with Gasteiger partial charge in [0.1, 0.15) is 17.1 Å². The number of esters is 2. The van der Waals surface area contributed by atoms with E-state index in [2.05, 4.69) is 0 Å². The minimum atomic E-state index is -2.41. The minimum Gasteiger partial charge on any atom is -0.507 e. The number of hydrogen-bond donors (Lipinski definition) is 3. The van der Waals surface area contributed by atoms with Gasteiger partial charge in [0.2, 0.25) is 11.4 Å². The van der Waals surface area contributed by atoms with Gasteiger partial charge in [-0.1, -0.05) is 0 Å². The van der Waals surface area contributed by atoms with E-state index in [-0.39, 0.29) is 41.9 Å². The zero-order valence-corrected chi connectivity index (χ0v) is 20.2. The van der Waals surface area contributed by atoms with Crippen molar-refractivity contribution >= 4 is 35.1 Å². The molecule has 3 unspecified atom stereocenters. The average molecular weight is 498 g/mol. The largest absolute Gasteiger partial charge is 0.507 e. The number of aromatic hydroxyl groups is 1. The summed E-state index contributed by atoms with van der Waals surface area (Å²) in [6, 6.07) is 3.04. The maximum Gasteiger partial charge on any atom is 0.307 e. The fourth-order valence-electron chi connectivity index (χ4n) is 5.66. The Labute approximate surface area is 206 Å². The van der Waals surface area contributed by atoms with E-state index in [1.54, 1.807) is 25.1 Å². The molecule has 1 aromatic carbocycles. The van der Waals surface area contributed by atoms with E-state index in [0.717, 1.165) is 13.8 Å². The van der Waals surface area contributed by atoms with Gasteiger partial charge < -0.3 is 30.3 Å². The molecule has 0 saturated heterocycles. The Hall–Kier alpha value is -4.15. The number of aliphatic hydroxyl groups excluding tert-OH is 1. The number of ether oxygens (including phenoxy) is 2. The second-order valence-electron chi connectivity index (χ2n) is 9.40. The molecule has 0 saturated carbocycles. The minimum absolute atomic E-state index is 0.0232. The number of fused-ring (bicyclic) bond motifs is 3. The van der Waals surface area contributed by atoms with E-state index >= 15 is 0 Å². The van der Waals surface area contributed by atoms with Gasteiger partial charge in [0.05, 0.1) is 5.56 Å². The van der Waals surface area contributed by atoms with E-state index in [1.807, 2.05) is 0 Å². The molecule has 0 fully saturated rings. The van der Waals surface area contributed by atoms with Crippen LogP contribution in [0, 0.1) is 11.8 Å². The lowest BCUT2D eigenvalue weighted by Crippen LogP contribution is -2.59. The highest BCUT2D eigenvalue weighted by Gasteiger charge is 2.63. The number of carbonyl (C=O) groups excluding carboxylic acids is 5. The van der Waals surface area contributed by atoms with Gasteiger partial charge in [0.25, 0.3) is 5.91 Å². The van der Waals surface area contributed by atoms with Crippen molar-refractivity contribution in [1.29, 1.82) is 0 Å². The molecule has 3 aliphatic carbocycles. The van der Waals surface area contributed by atoms with Crippen LogP contribution in [0.5, 0.6) is 5.75 Å². The summed E-state index contributed by atoms with van der Waals surface area (Å²) in [6.07, 6.45) is 0.0772. The number of primary amides is 1. The molecule has 1 amide bonds. The number of rotatable bonds is 4. The number of anilines is 1. The molecule has 0 aliphatic heterocycles. The Morgan fingerprint density at radius 3 is 2.31 bits per heavy atom. The molecular formula is C25H26N2O9. The molecule has 0 spiro atoms. The third-order valence-corrected chi connectivity index (χ3v) is 6.92.